The van der Waals surface area contributed by atoms with Crippen molar-refractivity contribution < 1.29 is 4.79 Å². The minimum atomic E-state index is -0.265. The fourth-order valence-corrected chi connectivity index (χ4v) is 3.56. The Labute approximate surface area is 156 Å². The third kappa shape index (κ3) is 5.10. The number of halogens is 2. The minimum Gasteiger partial charge on any atom is -0.332 e. The number of urea groups is 1. The van der Waals surface area contributed by atoms with E-state index in [0.717, 1.165) is 16.3 Å². The lowest BCUT2D eigenvalue weighted by Crippen LogP contribution is -2.36. The lowest BCUT2D eigenvalue weighted by atomic mass is 9.98. The molecule has 0 aliphatic rings. The Bertz CT molecular complexity index is 725. The van der Waals surface area contributed by atoms with Crippen molar-refractivity contribution in [3.05, 3.63) is 49.9 Å². The van der Waals surface area contributed by atoms with Crippen molar-refractivity contribution in [1.82, 2.24) is 15.6 Å². The molecule has 2 rings (SSSR count). The predicted octanol–water partition coefficient (Wildman–Crippen LogP) is 5.31. The van der Waals surface area contributed by atoms with Crippen molar-refractivity contribution in [2.75, 3.05) is 0 Å². The smallest absolute Gasteiger partial charge is 0.315 e. The van der Waals surface area contributed by atoms with Gasteiger partial charge in [0.15, 0.2) is 0 Å². The molecule has 0 radical (unpaired) electrons. The second-order valence-electron chi connectivity index (χ2n) is 6.61. The molecule has 1 aromatic heterocycles. The van der Waals surface area contributed by atoms with Crippen LogP contribution < -0.4 is 10.6 Å². The number of hydrogen-bond donors (Lipinski definition) is 2. The first kappa shape index (κ1) is 19.0. The third-order valence-corrected chi connectivity index (χ3v) is 5.28. The Morgan fingerprint density at radius 2 is 2.04 bits per heavy atom. The van der Waals surface area contributed by atoms with Crippen LogP contribution in [0.4, 0.5) is 4.79 Å². The standard InChI is InChI=1S/C17H21Cl2N3OS/c1-10(13-6-5-11(18)7-14(13)19)21-16(23)20-8-12-9-24-15(22-12)17(2,3)4/h5-7,9-10H,8H2,1-4H3,(H2,20,21,23). The molecule has 2 aromatic rings. The Morgan fingerprint density at radius 1 is 1.33 bits per heavy atom. The second-order valence-corrected chi connectivity index (χ2v) is 8.31. The topological polar surface area (TPSA) is 54.0 Å². The highest BCUT2D eigenvalue weighted by Gasteiger charge is 2.18. The molecule has 1 aromatic carbocycles. The summed E-state index contributed by atoms with van der Waals surface area (Å²) in [4.78, 5) is 16.6. The summed E-state index contributed by atoms with van der Waals surface area (Å²) in [5.74, 6) is 0. The van der Waals surface area contributed by atoms with E-state index in [1.165, 1.54) is 0 Å². The summed E-state index contributed by atoms with van der Waals surface area (Å²) in [5.41, 5.74) is 1.70. The molecule has 2 amide bonds. The molecule has 0 spiro atoms. The zero-order chi connectivity index (χ0) is 17.9. The highest BCUT2D eigenvalue weighted by molar-refractivity contribution is 7.09. The molecule has 0 fully saturated rings. The third-order valence-electron chi connectivity index (χ3n) is 3.40. The largest absolute Gasteiger partial charge is 0.332 e. The maximum absolute atomic E-state index is 12.1. The van der Waals surface area contributed by atoms with Gasteiger partial charge in [0.25, 0.3) is 0 Å². The van der Waals surface area contributed by atoms with Crippen LogP contribution in [0.5, 0.6) is 0 Å². The van der Waals surface area contributed by atoms with Gasteiger partial charge in [0.2, 0.25) is 0 Å². The zero-order valence-corrected chi connectivity index (χ0v) is 16.4. The van der Waals surface area contributed by atoms with Gasteiger partial charge < -0.3 is 10.6 Å². The Hall–Kier alpha value is -1.30. The van der Waals surface area contributed by atoms with Crippen molar-refractivity contribution in [3.8, 4) is 0 Å². The van der Waals surface area contributed by atoms with Gasteiger partial charge in [-0.2, -0.15) is 0 Å². The molecular weight excluding hydrogens is 365 g/mol. The van der Waals surface area contributed by atoms with Crippen molar-refractivity contribution in [2.45, 2.75) is 45.7 Å². The first-order chi connectivity index (χ1) is 11.2. The van der Waals surface area contributed by atoms with E-state index in [1.54, 1.807) is 23.5 Å². The van der Waals surface area contributed by atoms with E-state index in [9.17, 15) is 4.79 Å². The van der Waals surface area contributed by atoms with Crippen LogP contribution in [0.3, 0.4) is 0 Å². The van der Waals surface area contributed by atoms with E-state index in [-0.39, 0.29) is 17.5 Å². The van der Waals surface area contributed by atoms with Crippen LogP contribution >= 0.6 is 34.5 Å². The van der Waals surface area contributed by atoms with Crippen LogP contribution in [-0.4, -0.2) is 11.0 Å². The number of carbonyl (C=O) groups excluding carboxylic acids is 1. The summed E-state index contributed by atoms with van der Waals surface area (Å²) >= 11 is 13.7. The number of nitrogens with zero attached hydrogens (tertiary/aromatic N) is 1. The van der Waals surface area contributed by atoms with E-state index < -0.39 is 0 Å². The normalized spacial score (nSPS) is 12.8. The molecule has 7 heteroatoms. The monoisotopic (exact) mass is 385 g/mol. The molecule has 1 atom stereocenters. The number of benzene rings is 1. The highest BCUT2D eigenvalue weighted by Crippen LogP contribution is 2.26. The molecule has 4 nitrogen and oxygen atoms in total. The summed E-state index contributed by atoms with van der Waals surface area (Å²) in [6.07, 6.45) is 0. The number of thiazole rings is 1. The number of aromatic nitrogens is 1. The molecule has 130 valence electrons. The Morgan fingerprint density at radius 3 is 2.62 bits per heavy atom. The van der Waals surface area contributed by atoms with Gasteiger partial charge in [-0.1, -0.05) is 50.0 Å². The molecule has 0 aliphatic heterocycles. The molecule has 0 aliphatic carbocycles. The van der Waals surface area contributed by atoms with E-state index in [2.05, 4.69) is 36.4 Å². The lowest BCUT2D eigenvalue weighted by Gasteiger charge is -2.16. The van der Waals surface area contributed by atoms with Gasteiger partial charge in [0, 0.05) is 20.8 Å². The molecule has 1 unspecified atom stereocenters. The van der Waals surface area contributed by atoms with Gasteiger partial charge >= 0.3 is 6.03 Å². The van der Waals surface area contributed by atoms with Crippen LogP contribution in [0, 0.1) is 0 Å². The minimum absolute atomic E-state index is 0.0189. The van der Waals surface area contributed by atoms with E-state index in [1.807, 2.05) is 18.4 Å². The number of amides is 2. The SMILES string of the molecule is CC(NC(=O)NCc1csc(C(C)(C)C)n1)c1ccc(Cl)cc1Cl. The number of nitrogens with one attached hydrogen (secondary N) is 2. The highest BCUT2D eigenvalue weighted by atomic mass is 35.5. The zero-order valence-electron chi connectivity index (χ0n) is 14.1. The van der Waals surface area contributed by atoms with Crippen LogP contribution in [0.25, 0.3) is 0 Å². The van der Waals surface area contributed by atoms with Crippen molar-refractivity contribution in [1.29, 1.82) is 0 Å². The molecule has 0 saturated heterocycles. The summed E-state index contributed by atoms with van der Waals surface area (Å²) in [5, 5.41) is 9.81. The molecule has 1 heterocycles. The van der Waals surface area contributed by atoms with Gasteiger partial charge in [0.1, 0.15) is 0 Å². The quantitative estimate of drug-likeness (QED) is 0.748. The van der Waals surface area contributed by atoms with Crippen LogP contribution in [0.1, 0.15) is 50.0 Å². The van der Waals surface area contributed by atoms with Crippen LogP contribution in [-0.2, 0) is 12.0 Å². The van der Waals surface area contributed by atoms with E-state index >= 15 is 0 Å². The van der Waals surface area contributed by atoms with Gasteiger partial charge in [0.05, 0.1) is 23.3 Å². The second kappa shape index (κ2) is 7.72. The van der Waals surface area contributed by atoms with Crippen LogP contribution in [0.2, 0.25) is 10.0 Å². The van der Waals surface area contributed by atoms with E-state index in [0.29, 0.717) is 16.6 Å². The number of hydrogen-bond acceptors (Lipinski definition) is 3. The molecule has 0 saturated carbocycles. The lowest BCUT2D eigenvalue weighted by molar-refractivity contribution is 0.237. The average molecular weight is 386 g/mol. The van der Waals surface area contributed by atoms with Gasteiger partial charge in [-0.25, -0.2) is 9.78 Å². The number of rotatable bonds is 4. The number of carbonyl (C=O) groups is 1. The van der Waals surface area contributed by atoms with Gasteiger partial charge in [-0.3, -0.25) is 0 Å². The molecule has 24 heavy (non-hydrogen) atoms. The van der Waals surface area contributed by atoms with E-state index in [4.69, 9.17) is 23.2 Å². The van der Waals surface area contributed by atoms with Gasteiger partial charge in [-0.05, 0) is 24.6 Å². The first-order valence-electron chi connectivity index (χ1n) is 7.61. The van der Waals surface area contributed by atoms with Crippen molar-refractivity contribution in [2.24, 2.45) is 0 Å². The van der Waals surface area contributed by atoms with Crippen molar-refractivity contribution >= 4 is 40.6 Å². The summed E-state index contributed by atoms with van der Waals surface area (Å²) in [6, 6.07) is 4.74. The maximum Gasteiger partial charge on any atom is 0.315 e. The fourth-order valence-electron chi connectivity index (χ4n) is 2.08. The Balaban J connectivity index is 1.90. The summed E-state index contributed by atoms with van der Waals surface area (Å²) in [6.45, 7) is 8.61. The summed E-state index contributed by atoms with van der Waals surface area (Å²) in [7, 11) is 0. The van der Waals surface area contributed by atoms with Crippen molar-refractivity contribution in [3.63, 3.8) is 0 Å². The molecule has 0 bridgehead atoms. The van der Waals surface area contributed by atoms with Gasteiger partial charge in [-0.15, -0.1) is 11.3 Å². The fraction of sp³-hybridized carbons (Fsp3) is 0.412. The first-order valence-corrected chi connectivity index (χ1v) is 9.24. The molecule has 2 N–H and O–H groups in total. The average Bonchev–Trinajstić information content (AvgIpc) is 2.93. The Kier molecular flexibility index (Phi) is 6.12. The maximum atomic E-state index is 12.1. The van der Waals surface area contributed by atoms with Crippen LogP contribution in [0.15, 0.2) is 23.6 Å². The predicted molar refractivity (Wildman–Crippen MR) is 101 cm³/mol. The molecular formula is C17H21Cl2N3OS. The summed E-state index contributed by atoms with van der Waals surface area (Å²) < 4.78 is 0.